The molecule has 0 heterocycles. The molecule has 2 aromatic rings. The first kappa shape index (κ1) is 13.9. The molecule has 2 aromatic carbocycles. The van der Waals surface area contributed by atoms with E-state index in [9.17, 15) is 9.90 Å². The minimum Gasteiger partial charge on any atom is -0.497 e. The molecule has 2 rings (SSSR count). The van der Waals surface area contributed by atoms with E-state index in [0.29, 0.717) is 16.9 Å². The molecule has 5 heteroatoms. The Balaban J connectivity index is 2.01. The summed E-state index contributed by atoms with van der Waals surface area (Å²) in [5.41, 5.74) is 1.91. The maximum atomic E-state index is 11.9. The maximum absolute atomic E-state index is 11.9. The van der Waals surface area contributed by atoms with Crippen LogP contribution >= 0.6 is 0 Å². The van der Waals surface area contributed by atoms with Crippen LogP contribution in [0.25, 0.3) is 0 Å². The van der Waals surface area contributed by atoms with Gasteiger partial charge in [-0.2, -0.15) is 0 Å². The lowest BCUT2D eigenvalue weighted by Gasteiger charge is -2.10. The zero-order valence-corrected chi connectivity index (χ0v) is 11.1. The summed E-state index contributed by atoms with van der Waals surface area (Å²) in [6, 6.07) is 13.7. The highest BCUT2D eigenvalue weighted by atomic mass is 16.5. The average molecular weight is 272 g/mol. The highest BCUT2D eigenvalue weighted by Crippen LogP contribution is 2.17. The summed E-state index contributed by atoms with van der Waals surface area (Å²) in [4.78, 5) is 11.9. The predicted molar refractivity (Wildman–Crippen MR) is 78.0 cm³/mol. The Morgan fingerprint density at radius 3 is 2.45 bits per heavy atom. The summed E-state index contributed by atoms with van der Waals surface area (Å²) in [5, 5.41) is 14.6. The lowest BCUT2D eigenvalue weighted by molar-refractivity contribution is 0.262. The second kappa shape index (κ2) is 6.58. The molecule has 0 aliphatic rings. The summed E-state index contributed by atoms with van der Waals surface area (Å²) >= 11 is 0. The second-order valence-corrected chi connectivity index (χ2v) is 4.12. The molecule has 20 heavy (non-hydrogen) atoms. The van der Waals surface area contributed by atoms with Gasteiger partial charge in [0.25, 0.3) is 0 Å². The molecule has 0 unspecified atom stereocenters. The smallest absolute Gasteiger partial charge is 0.323 e. The molecular formula is C15H16N2O3. The molecule has 104 valence electrons. The van der Waals surface area contributed by atoms with Crippen molar-refractivity contribution in [1.82, 2.24) is 0 Å². The third-order valence-corrected chi connectivity index (χ3v) is 2.78. The Kier molecular flexibility index (Phi) is 4.57. The molecule has 0 aliphatic carbocycles. The Hall–Kier alpha value is -2.53. The fraction of sp³-hybridized carbons (Fsp3) is 0.133. The Labute approximate surface area is 117 Å². The van der Waals surface area contributed by atoms with Crippen LogP contribution in [-0.4, -0.2) is 18.2 Å². The first-order valence-electron chi connectivity index (χ1n) is 6.13. The van der Waals surface area contributed by atoms with Gasteiger partial charge in [-0.1, -0.05) is 18.2 Å². The maximum Gasteiger partial charge on any atom is 0.323 e. The van der Waals surface area contributed by atoms with E-state index in [1.54, 1.807) is 55.6 Å². The Morgan fingerprint density at radius 2 is 1.80 bits per heavy atom. The van der Waals surface area contributed by atoms with Crippen LogP contribution < -0.4 is 15.4 Å². The predicted octanol–water partition coefficient (Wildman–Crippen LogP) is 2.83. The number of hydrogen-bond donors (Lipinski definition) is 3. The number of ether oxygens (including phenoxy) is 1. The number of carbonyl (C=O) groups excluding carboxylic acids is 1. The molecular weight excluding hydrogens is 256 g/mol. The van der Waals surface area contributed by atoms with Gasteiger partial charge in [-0.25, -0.2) is 4.79 Å². The molecule has 0 radical (unpaired) electrons. The van der Waals surface area contributed by atoms with Crippen LogP contribution in [0.5, 0.6) is 5.75 Å². The first-order chi connectivity index (χ1) is 9.72. The number of carbonyl (C=O) groups is 1. The Morgan fingerprint density at radius 1 is 1.10 bits per heavy atom. The standard InChI is InChI=1S/C15H16N2O3/c1-20-13-8-6-12(7-9-13)16-15(19)17-14-5-3-2-4-11(14)10-18/h2-9,18H,10H2,1H3,(H2,16,17,19). The summed E-state index contributed by atoms with van der Waals surface area (Å²) < 4.78 is 5.04. The molecule has 0 saturated heterocycles. The second-order valence-electron chi connectivity index (χ2n) is 4.12. The van der Waals surface area contributed by atoms with Gasteiger partial charge in [0.15, 0.2) is 0 Å². The van der Waals surface area contributed by atoms with E-state index < -0.39 is 0 Å². The fourth-order valence-corrected chi connectivity index (χ4v) is 1.74. The minimum atomic E-state index is -0.365. The van der Waals surface area contributed by atoms with Crippen LogP contribution in [0.3, 0.4) is 0 Å². The van der Waals surface area contributed by atoms with E-state index in [2.05, 4.69) is 10.6 Å². The molecule has 0 bridgehead atoms. The number of methoxy groups -OCH3 is 1. The van der Waals surface area contributed by atoms with Gasteiger partial charge in [0.05, 0.1) is 13.7 Å². The van der Waals surface area contributed by atoms with Crippen LogP contribution in [0.1, 0.15) is 5.56 Å². The minimum absolute atomic E-state index is 0.126. The lowest BCUT2D eigenvalue weighted by Crippen LogP contribution is -2.20. The quantitative estimate of drug-likeness (QED) is 0.801. The summed E-state index contributed by atoms with van der Waals surface area (Å²) in [6.07, 6.45) is 0. The van der Waals surface area contributed by atoms with Crippen molar-refractivity contribution in [2.24, 2.45) is 0 Å². The number of rotatable bonds is 4. The highest BCUT2D eigenvalue weighted by Gasteiger charge is 2.06. The van der Waals surface area contributed by atoms with Crippen LogP contribution in [0, 0.1) is 0 Å². The number of aliphatic hydroxyl groups is 1. The van der Waals surface area contributed by atoms with Crippen LogP contribution in [0.2, 0.25) is 0 Å². The summed E-state index contributed by atoms with van der Waals surface area (Å²) in [7, 11) is 1.58. The van der Waals surface area contributed by atoms with Gasteiger partial charge in [-0.3, -0.25) is 0 Å². The van der Waals surface area contributed by atoms with Crippen molar-refractivity contribution in [2.75, 3.05) is 17.7 Å². The normalized spacial score (nSPS) is 9.90. The molecule has 0 atom stereocenters. The molecule has 0 aliphatic heterocycles. The van der Waals surface area contributed by atoms with Crippen molar-refractivity contribution in [1.29, 1.82) is 0 Å². The zero-order valence-electron chi connectivity index (χ0n) is 11.1. The monoisotopic (exact) mass is 272 g/mol. The van der Waals surface area contributed by atoms with Gasteiger partial charge < -0.3 is 20.5 Å². The van der Waals surface area contributed by atoms with Gasteiger partial charge in [-0.05, 0) is 30.3 Å². The van der Waals surface area contributed by atoms with Crippen LogP contribution in [0.15, 0.2) is 48.5 Å². The first-order valence-corrected chi connectivity index (χ1v) is 6.13. The largest absolute Gasteiger partial charge is 0.497 e. The molecule has 5 nitrogen and oxygen atoms in total. The van der Waals surface area contributed by atoms with Crippen molar-refractivity contribution < 1.29 is 14.6 Å². The number of aliphatic hydroxyl groups excluding tert-OH is 1. The zero-order chi connectivity index (χ0) is 14.4. The molecule has 0 fully saturated rings. The summed E-state index contributed by atoms with van der Waals surface area (Å²) in [5.74, 6) is 0.724. The third-order valence-electron chi connectivity index (χ3n) is 2.78. The van der Waals surface area contributed by atoms with E-state index in [4.69, 9.17) is 4.74 Å². The van der Waals surface area contributed by atoms with Gasteiger partial charge >= 0.3 is 6.03 Å². The van der Waals surface area contributed by atoms with Crippen LogP contribution in [-0.2, 0) is 6.61 Å². The molecule has 0 aromatic heterocycles. The Bertz CT molecular complexity index is 582. The SMILES string of the molecule is COc1ccc(NC(=O)Nc2ccccc2CO)cc1. The van der Waals surface area contributed by atoms with E-state index in [1.165, 1.54) is 0 Å². The number of anilines is 2. The number of urea groups is 1. The van der Waals surface area contributed by atoms with E-state index >= 15 is 0 Å². The van der Waals surface area contributed by atoms with Crippen molar-refractivity contribution in [3.05, 3.63) is 54.1 Å². The van der Waals surface area contributed by atoms with Crippen molar-refractivity contribution in [2.45, 2.75) is 6.61 Å². The van der Waals surface area contributed by atoms with E-state index in [1.807, 2.05) is 0 Å². The molecule has 2 amide bonds. The van der Waals surface area contributed by atoms with Gasteiger partial charge in [0, 0.05) is 16.9 Å². The topological polar surface area (TPSA) is 70.6 Å². The average Bonchev–Trinajstić information content (AvgIpc) is 2.48. The third kappa shape index (κ3) is 3.49. The van der Waals surface area contributed by atoms with Gasteiger partial charge in [-0.15, -0.1) is 0 Å². The fourth-order valence-electron chi connectivity index (χ4n) is 1.74. The molecule has 0 spiro atoms. The summed E-state index contributed by atoms with van der Waals surface area (Å²) in [6.45, 7) is -0.126. The number of benzene rings is 2. The van der Waals surface area contributed by atoms with Gasteiger partial charge in [0.2, 0.25) is 0 Å². The van der Waals surface area contributed by atoms with E-state index in [0.717, 1.165) is 5.75 Å². The van der Waals surface area contributed by atoms with Crippen molar-refractivity contribution in [3.63, 3.8) is 0 Å². The number of amides is 2. The van der Waals surface area contributed by atoms with Crippen molar-refractivity contribution in [3.8, 4) is 5.75 Å². The number of nitrogens with one attached hydrogen (secondary N) is 2. The molecule has 3 N–H and O–H groups in total. The van der Waals surface area contributed by atoms with Gasteiger partial charge in [0.1, 0.15) is 5.75 Å². The molecule has 0 saturated carbocycles. The van der Waals surface area contributed by atoms with Crippen molar-refractivity contribution >= 4 is 17.4 Å². The highest BCUT2D eigenvalue weighted by molar-refractivity contribution is 6.00. The number of para-hydroxylation sites is 1. The number of hydrogen-bond acceptors (Lipinski definition) is 3. The van der Waals surface area contributed by atoms with Crippen LogP contribution in [0.4, 0.5) is 16.2 Å². The van der Waals surface area contributed by atoms with E-state index in [-0.39, 0.29) is 12.6 Å². The lowest BCUT2D eigenvalue weighted by atomic mass is 10.2.